The van der Waals surface area contributed by atoms with Crippen molar-refractivity contribution in [3.8, 4) is 0 Å². The quantitative estimate of drug-likeness (QED) is 0.569. The first-order valence-corrected chi connectivity index (χ1v) is 6.03. The second-order valence-electron chi connectivity index (χ2n) is 3.77. The van der Waals surface area contributed by atoms with E-state index in [4.69, 9.17) is 4.74 Å². The zero-order valence-electron chi connectivity index (χ0n) is 7.54. The fraction of sp³-hybridized carbons (Fsp3) is 0.889. The van der Waals surface area contributed by atoms with Crippen molar-refractivity contribution in [2.45, 2.75) is 23.4 Å². The molecule has 1 unspecified atom stereocenters. The van der Waals surface area contributed by atoms with Crippen LogP contribution in [0.4, 0.5) is 0 Å². The summed E-state index contributed by atoms with van der Waals surface area (Å²) in [6.45, 7) is 2.25. The monoisotopic (exact) mass is 295 g/mol. The fourth-order valence-electron chi connectivity index (χ4n) is 1.53. The number of carbonyl (C=O) groups excluding carboxylic acids is 1. The van der Waals surface area contributed by atoms with E-state index in [-0.39, 0.29) is 4.11 Å². The van der Waals surface area contributed by atoms with E-state index in [0.717, 1.165) is 19.5 Å². The van der Waals surface area contributed by atoms with Gasteiger partial charge in [0, 0.05) is 13.0 Å². The summed E-state index contributed by atoms with van der Waals surface area (Å²) in [5, 5.41) is 0. The third-order valence-corrected chi connectivity index (χ3v) is 3.29. The molecule has 4 heteroatoms. The number of alkyl halides is 1. The van der Waals surface area contributed by atoms with Crippen molar-refractivity contribution in [3.05, 3.63) is 0 Å². The summed E-state index contributed by atoms with van der Waals surface area (Å²) in [5.41, 5.74) is 0. The van der Waals surface area contributed by atoms with Crippen molar-refractivity contribution in [2.75, 3.05) is 19.7 Å². The first kappa shape index (κ1) is 9.71. The van der Waals surface area contributed by atoms with Crippen molar-refractivity contribution >= 4 is 28.5 Å². The van der Waals surface area contributed by atoms with Crippen LogP contribution in [0, 0.1) is 5.92 Å². The van der Waals surface area contributed by atoms with Gasteiger partial charge in [-0.15, -0.1) is 0 Å². The Morgan fingerprint density at radius 2 is 2.31 bits per heavy atom. The lowest BCUT2D eigenvalue weighted by Gasteiger charge is -2.30. The zero-order chi connectivity index (χ0) is 9.26. The van der Waals surface area contributed by atoms with Gasteiger partial charge >= 0.3 is 0 Å². The topological polar surface area (TPSA) is 29.5 Å². The van der Waals surface area contributed by atoms with E-state index >= 15 is 0 Å². The Balaban J connectivity index is 1.80. The van der Waals surface area contributed by atoms with Gasteiger partial charge in [0.1, 0.15) is 4.11 Å². The molecule has 0 aromatic heterocycles. The molecule has 1 aliphatic carbocycles. The van der Waals surface area contributed by atoms with Gasteiger partial charge in [0.25, 0.3) is 0 Å². The van der Waals surface area contributed by atoms with Crippen LogP contribution in [-0.2, 0) is 9.53 Å². The number of hydrogen-bond acceptors (Lipinski definition) is 2. The number of amides is 1. The Morgan fingerprint density at radius 1 is 1.54 bits per heavy atom. The van der Waals surface area contributed by atoms with Crippen LogP contribution < -0.4 is 0 Å². The van der Waals surface area contributed by atoms with Crippen LogP contribution in [0.5, 0.6) is 0 Å². The molecule has 1 atom stereocenters. The third kappa shape index (κ3) is 2.80. The lowest BCUT2D eigenvalue weighted by atomic mass is 10.2. The summed E-state index contributed by atoms with van der Waals surface area (Å²) in [4.78, 5) is 13.6. The molecule has 1 aliphatic heterocycles. The molecule has 2 rings (SSSR count). The predicted molar refractivity (Wildman–Crippen MR) is 57.7 cm³/mol. The van der Waals surface area contributed by atoms with Crippen LogP contribution in [0.1, 0.15) is 19.3 Å². The molecule has 74 valence electrons. The fourth-order valence-corrected chi connectivity index (χ4v) is 2.26. The van der Waals surface area contributed by atoms with Gasteiger partial charge < -0.3 is 9.64 Å². The highest BCUT2D eigenvalue weighted by Crippen LogP contribution is 2.33. The Labute approximate surface area is 91.9 Å². The maximum atomic E-state index is 11.7. The molecule has 0 N–H and O–H groups in total. The molecule has 1 heterocycles. The number of carbonyl (C=O) groups is 1. The van der Waals surface area contributed by atoms with E-state index in [9.17, 15) is 4.79 Å². The SMILES string of the molecule is O=C(CC1CC1)N1CCOC(I)C1. The molecule has 1 saturated carbocycles. The molecule has 2 aliphatic rings. The minimum atomic E-state index is 0.189. The molecule has 0 spiro atoms. The number of ether oxygens (including phenoxy) is 1. The van der Waals surface area contributed by atoms with Gasteiger partial charge in [0.05, 0.1) is 13.2 Å². The molecule has 0 aromatic carbocycles. The maximum absolute atomic E-state index is 11.7. The Morgan fingerprint density at radius 3 is 2.92 bits per heavy atom. The molecule has 0 aromatic rings. The van der Waals surface area contributed by atoms with Crippen molar-refractivity contribution in [1.82, 2.24) is 4.90 Å². The second-order valence-corrected chi connectivity index (χ2v) is 5.16. The molecule has 0 radical (unpaired) electrons. The summed E-state index contributed by atoms with van der Waals surface area (Å²) in [5.74, 6) is 1.02. The standard InChI is InChI=1S/C9H14INO2/c10-8-6-11(3-4-13-8)9(12)5-7-1-2-7/h7-8H,1-6H2. The molecule has 3 nitrogen and oxygen atoms in total. The van der Waals surface area contributed by atoms with Gasteiger partial charge in [-0.25, -0.2) is 0 Å². The van der Waals surface area contributed by atoms with Gasteiger partial charge in [-0.3, -0.25) is 4.79 Å². The van der Waals surface area contributed by atoms with Gasteiger partial charge in [-0.2, -0.15) is 0 Å². The molecular weight excluding hydrogens is 281 g/mol. The lowest BCUT2D eigenvalue weighted by molar-refractivity contribution is -0.136. The minimum Gasteiger partial charge on any atom is -0.364 e. The number of hydrogen-bond donors (Lipinski definition) is 0. The minimum absolute atomic E-state index is 0.189. The predicted octanol–water partition coefficient (Wildman–Crippen LogP) is 1.41. The van der Waals surface area contributed by atoms with E-state index in [1.165, 1.54) is 12.8 Å². The van der Waals surface area contributed by atoms with E-state index in [1.54, 1.807) is 0 Å². The largest absolute Gasteiger partial charge is 0.364 e. The van der Waals surface area contributed by atoms with Gasteiger partial charge in [0.15, 0.2) is 0 Å². The Hall–Kier alpha value is 0.160. The average Bonchev–Trinajstić information content (AvgIpc) is 2.88. The van der Waals surface area contributed by atoms with Crippen LogP contribution in [-0.4, -0.2) is 34.6 Å². The Bertz CT molecular complexity index is 206. The van der Waals surface area contributed by atoms with E-state index in [2.05, 4.69) is 22.6 Å². The first-order valence-electron chi connectivity index (χ1n) is 4.79. The van der Waals surface area contributed by atoms with Crippen molar-refractivity contribution < 1.29 is 9.53 Å². The summed E-state index contributed by atoms with van der Waals surface area (Å²) in [6.07, 6.45) is 3.27. The zero-order valence-corrected chi connectivity index (χ0v) is 9.70. The van der Waals surface area contributed by atoms with Crippen molar-refractivity contribution in [3.63, 3.8) is 0 Å². The number of morpholine rings is 1. The van der Waals surface area contributed by atoms with Crippen molar-refractivity contribution in [2.24, 2.45) is 5.92 Å². The number of rotatable bonds is 2. The van der Waals surface area contributed by atoms with Crippen LogP contribution in [0.2, 0.25) is 0 Å². The smallest absolute Gasteiger partial charge is 0.223 e. The maximum Gasteiger partial charge on any atom is 0.223 e. The highest BCUT2D eigenvalue weighted by Gasteiger charge is 2.29. The highest BCUT2D eigenvalue weighted by molar-refractivity contribution is 14.1. The normalized spacial score (nSPS) is 29.0. The summed E-state index contributed by atoms with van der Waals surface area (Å²) < 4.78 is 5.56. The second kappa shape index (κ2) is 4.13. The van der Waals surface area contributed by atoms with E-state index in [0.29, 0.717) is 18.4 Å². The molecule has 0 bridgehead atoms. The molecule has 2 fully saturated rings. The molecular formula is C9H14INO2. The van der Waals surface area contributed by atoms with Crippen LogP contribution in [0.15, 0.2) is 0 Å². The van der Waals surface area contributed by atoms with E-state index in [1.807, 2.05) is 4.90 Å². The van der Waals surface area contributed by atoms with Crippen LogP contribution in [0.3, 0.4) is 0 Å². The van der Waals surface area contributed by atoms with E-state index < -0.39 is 0 Å². The van der Waals surface area contributed by atoms with Crippen molar-refractivity contribution in [1.29, 1.82) is 0 Å². The van der Waals surface area contributed by atoms with Gasteiger partial charge in [-0.1, -0.05) is 0 Å². The summed E-state index contributed by atoms with van der Waals surface area (Å²) in [6, 6.07) is 0. The number of halogens is 1. The highest BCUT2D eigenvalue weighted by atomic mass is 127. The van der Waals surface area contributed by atoms with Crippen LogP contribution in [0.25, 0.3) is 0 Å². The molecule has 1 saturated heterocycles. The third-order valence-electron chi connectivity index (χ3n) is 2.54. The summed E-state index contributed by atoms with van der Waals surface area (Å²) in [7, 11) is 0. The first-order chi connectivity index (χ1) is 6.25. The van der Waals surface area contributed by atoms with Crippen LogP contribution >= 0.6 is 22.6 Å². The number of nitrogens with zero attached hydrogens (tertiary/aromatic N) is 1. The lowest BCUT2D eigenvalue weighted by Crippen LogP contribution is -2.43. The Kier molecular flexibility index (Phi) is 3.08. The summed E-state index contributed by atoms with van der Waals surface area (Å²) >= 11 is 2.24. The van der Waals surface area contributed by atoms with Gasteiger partial charge in [0.2, 0.25) is 5.91 Å². The average molecular weight is 295 g/mol. The molecule has 1 amide bonds. The van der Waals surface area contributed by atoms with Gasteiger partial charge in [-0.05, 0) is 41.4 Å². The molecule has 13 heavy (non-hydrogen) atoms.